The number of amides is 1. The minimum Gasteiger partial charge on any atom is -0.397 e. The quantitative estimate of drug-likeness (QED) is 0.871. The van der Waals surface area contributed by atoms with Gasteiger partial charge in [0.15, 0.2) is 0 Å². The average molecular weight is 272 g/mol. The molecule has 1 amide bonds. The smallest absolute Gasteiger partial charge is 0.261 e. The molecule has 104 valence electrons. The van der Waals surface area contributed by atoms with Crippen LogP contribution in [0.3, 0.4) is 0 Å². The first-order chi connectivity index (χ1) is 9.56. The number of nitrogens with two attached hydrogens (primary N) is 1. The molecule has 0 fully saturated rings. The lowest BCUT2D eigenvalue weighted by molar-refractivity contribution is 0.0984. The van der Waals surface area contributed by atoms with Crippen molar-refractivity contribution in [3.05, 3.63) is 59.4 Å². The standard InChI is InChI=1S/C16H17FN2O/c1-3-19(14-10-5-4-9-13(14)18)16(20)12-8-6-7-11(2)15(12)17/h4-10H,3,18H2,1-2H3. The number of aryl methyl sites for hydroxylation is 1. The van der Waals surface area contributed by atoms with Gasteiger partial charge >= 0.3 is 0 Å². The van der Waals surface area contributed by atoms with Gasteiger partial charge in [0.2, 0.25) is 0 Å². The van der Waals surface area contributed by atoms with Gasteiger partial charge < -0.3 is 10.6 Å². The van der Waals surface area contributed by atoms with E-state index in [4.69, 9.17) is 5.73 Å². The zero-order valence-corrected chi connectivity index (χ0v) is 11.6. The molecule has 0 aliphatic rings. The first-order valence-corrected chi connectivity index (χ1v) is 6.47. The number of hydrogen-bond donors (Lipinski definition) is 1. The lowest BCUT2D eigenvalue weighted by atomic mass is 10.1. The second-order valence-electron chi connectivity index (χ2n) is 4.54. The van der Waals surface area contributed by atoms with Crippen LogP contribution in [0.1, 0.15) is 22.8 Å². The van der Waals surface area contributed by atoms with E-state index < -0.39 is 5.82 Å². The van der Waals surface area contributed by atoms with E-state index >= 15 is 0 Å². The predicted octanol–water partition coefficient (Wildman–Crippen LogP) is 3.38. The second-order valence-corrected chi connectivity index (χ2v) is 4.54. The van der Waals surface area contributed by atoms with Crippen molar-refractivity contribution in [1.29, 1.82) is 0 Å². The zero-order valence-electron chi connectivity index (χ0n) is 11.6. The summed E-state index contributed by atoms with van der Waals surface area (Å²) in [4.78, 5) is 14.0. The van der Waals surface area contributed by atoms with Gasteiger partial charge in [-0.05, 0) is 37.6 Å². The van der Waals surface area contributed by atoms with Crippen LogP contribution in [-0.4, -0.2) is 12.5 Å². The number of para-hydroxylation sites is 2. The van der Waals surface area contributed by atoms with Crippen molar-refractivity contribution < 1.29 is 9.18 Å². The van der Waals surface area contributed by atoms with Crippen LogP contribution in [0.15, 0.2) is 42.5 Å². The fourth-order valence-electron chi connectivity index (χ4n) is 2.11. The van der Waals surface area contributed by atoms with Gasteiger partial charge in [-0.25, -0.2) is 4.39 Å². The van der Waals surface area contributed by atoms with E-state index in [9.17, 15) is 9.18 Å². The van der Waals surface area contributed by atoms with E-state index in [0.717, 1.165) is 0 Å². The van der Waals surface area contributed by atoms with Crippen LogP contribution in [0.5, 0.6) is 0 Å². The summed E-state index contributed by atoms with van der Waals surface area (Å²) in [5.74, 6) is -0.864. The normalized spacial score (nSPS) is 10.3. The number of nitrogens with zero attached hydrogens (tertiary/aromatic N) is 1. The number of rotatable bonds is 3. The number of halogens is 1. The summed E-state index contributed by atoms with van der Waals surface area (Å²) in [5.41, 5.74) is 7.50. The Balaban J connectivity index is 2.45. The van der Waals surface area contributed by atoms with Crippen molar-refractivity contribution in [3.63, 3.8) is 0 Å². The minimum absolute atomic E-state index is 0.0649. The average Bonchev–Trinajstić information content (AvgIpc) is 2.44. The summed E-state index contributed by atoms with van der Waals surface area (Å²) in [6.07, 6.45) is 0. The molecule has 0 atom stereocenters. The number of hydrogen-bond acceptors (Lipinski definition) is 2. The molecule has 0 radical (unpaired) electrons. The summed E-state index contributed by atoms with van der Waals surface area (Å²) in [6.45, 7) is 3.89. The Morgan fingerprint density at radius 2 is 1.90 bits per heavy atom. The molecule has 0 unspecified atom stereocenters. The molecule has 2 aromatic carbocycles. The highest BCUT2D eigenvalue weighted by Gasteiger charge is 2.21. The molecule has 0 spiro atoms. The molecule has 0 heterocycles. The van der Waals surface area contributed by atoms with Gasteiger partial charge in [0.1, 0.15) is 5.82 Å². The summed E-state index contributed by atoms with van der Waals surface area (Å²) >= 11 is 0. The molecule has 0 aromatic heterocycles. The highest BCUT2D eigenvalue weighted by Crippen LogP contribution is 2.25. The van der Waals surface area contributed by atoms with E-state index in [-0.39, 0.29) is 11.5 Å². The first kappa shape index (κ1) is 14.1. The number of anilines is 2. The Bertz CT molecular complexity index is 640. The van der Waals surface area contributed by atoms with Crippen molar-refractivity contribution in [2.45, 2.75) is 13.8 Å². The predicted molar refractivity (Wildman–Crippen MR) is 79.3 cm³/mol. The van der Waals surface area contributed by atoms with Crippen molar-refractivity contribution >= 4 is 17.3 Å². The molecule has 20 heavy (non-hydrogen) atoms. The SMILES string of the molecule is CCN(C(=O)c1cccc(C)c1F)c1ccccc1N. The third kappa shape index (κ3) is 2.50. The Kier molecular flexibility index (Phi) is 4.03. The molecule has 0 saturated heterocycles. The Morgan fingerprint density at radius 3 is 2.55 bits per heavy atom. The maximum absolute atomic E-state index is 14.1. The molecule has 0 aliphatic carbocycles. The van der Waals surface area contributed by atoms with Crippen molar-refractivity contribution in [2.75, 3.05) is 17.2 Å². The third-order valence-corrected chi connectivity index (χ3v) is 3.21. The highest BCUT2D eigenvalue weighted by atomic mass is 19.1. The van der Waals surface area contributed by atoms with Gasteiger partial charge in [0, 0.05) is 6.54 Å². The molecule has 0 saturated carbocycles. The lowest BCUT2D eigenvalue weighted by Crippen LogP contribution is -2.32. The van der Waals surface area contributed by atoms with E-state index in [1.807, 2.05) is 6.92 Å². The van der Waals surface area contributed by atoms with Crippen LogP contribution >= 0.6 is 0 Å². The summed E-state index contributed by atoms with van der Waals surface area (Å²) in [7, 11) is 0. The molecular weight excluding hydrogens is 255 g/mol. The number of carbonyl (C=O) groups excluding carboxylic acids is 1. The fourth-order valence-corrected chi connectivity index (χ4v) is 2.11. The Hall–Kier alpha value is -2.36. The third-order valence-electron chi connectivity index (χ3n) is 3.21. The molecular formula is C16H17FN2O. The molecule has 0 bridgehead atoms. The van der Waals surface area contributed by atoms with Crippen molar-refractivity contribution in [1.82, 2.24) is 0 Å². The van der Waals surface area contributed by atoms with Gasteiger partial charge in [0.25, 0.3) is 5.91 Å². The van der Waals surface area contributed by atoms with Crippen LogP contribution in [0.25, 0.3) is 0 Å². The highest BCUT2D eigenvalue weighted by molar-refractivity contribution is 6.07. The lowest BCUT2D eigenvalue weighted by Gasteiger charge is -2.23. The van der Waals surface area contributed by atoms with Gasteiger partial charge in [-0.3, -0.25) is 4.79 Å². The maximum atomic E-state index is 14.1. The monoisotopic (exact) mass is 272 g/mol. The minimum atomic E-state index is -0.481. The maximum Gasteiger partial charge on any atom is 0.261 e. The van der Waals surface area contributed by atoms with Gasteiger partial charge in [0.05, 0.1) is 16.9 Å². The van der Waals surface area contributed by atoms with E-state index in [2.05, 4.69) is 0 Å². The van der Waals surface area contributed by atoms with Gasteiger partial charge in [-0.1, -0.05) is 24.3 Å². The number of benzene rings is 2. The Morgan fingerprint density at radius 1 is 1.20 bits per heavy atom. The largest absolute Gasteiger partial charge is 0.397 e. The van der Waals surface area contributed by atoms with Crippen LogP contribution < -0.4 is 10.6 Å². The van der Waals surface area contributed by atoms with Gasteiger partial charge in [-0.2, -0.15) is 0 Å². The summed E-state index contributed by atoms with van der Waals surface area (Å²) in [6, 6.07) is 11.9. The zero-order chi connectivity index (χ0) is 14.7. The van der Waals surface area contributed by atoms with Crippen molar-refractivity contribution in [3.8, 4) is 0 Å². The molecule has 0 aliphatic heterocycles. The van der Waals surface area contributed by atoms with Crippen LogP contribution in [-0.2, 0) is 0 Å². The van der Waals surface area contributed by atoms with Crippen molar-refractivity contribution in [2.24, 2.45) is 0 Å². The Labute approximate surface area is 117 Å². The number of carbonyl (C=O) groups is 1. The molecule has 4 heteroatoms. The van der Waals surface area contributed by atoms with E-state index in [1.165, 1.54) is 11.0 Å². The molecule has 3 nitrogen and oxygen atoms in total. The molecule has 2 aromatic rings. The summed E-state index contributed by atoms with van der Waals surface area (Å²) in [5, 5.41) is 0. The van der Waals surface area contributed by atoms with Crippen LogP contribution in [0.2, 0.25) is 0 Å². The molecule has 2 rings (SSSR count). The molecule has 2 N–H and O–H groups in total. The van der Waals surface area contributed by atoms with Gasteiger partial charge in [-0.15, -0.1) is 0 Å². The van der Waals surface area contributed by atoms with Crippen LogP contribution in [0.4, 0.5) is 15.8 Å². The van der Waals surface area contributed by atoms with E-state index in [1.54, 1.807) is 43.3 Å². The first-order valence-electron chi connectivity index (χ1n) is 6.47. The van der Waals surface area contributed by atoms with E-state index in [0.29, 0.717) is 23.5 Å². The number of nitrogen functional groups attached to an aromatic ring is 1. The second kappa shape index (κ2) is 5.74. The fraction of sp³-hybridized carbons (Fsp3) is 0.188. The van der Waals surface area contributed by atoms with Crippen LogP contribution in [0, 0.1) is 12.7 Å². The summed E-state index contributed by atoms with van der Waals surface area (Å²) < 4.78 is 14.1. The topological polar surface area (TPSA) is 46.3 Å².